The summed E-state index contributed by atoms with van der Waals surface area (Å²) in [5, 5.41) is 18.3. The van der Waals surface area contributed by atoms with Gasteiger partial charge in [-0.15, -0.1) is 0 Å². The van der Waals surface area contributed by atoms with E-state index in [9.17, 15) is 18.7 Å². The zero-order chi connectivity index (χ0) is 14.2. The lowest BCUT2D eigenvalue weighted by Gasteiger charge is -2.09. The minimum absolute atomic E-state index is 0.0638. The van der Waals surface area contributed by atoms with Crippen molar-refractivity contribution in [3.8, 4) is 16.9 Å². The maximum Gasteiger partial charge on any atom is 0.339 e. The van der Waals surface area contributed by atoms with Crippen LogP contribution in [0.4, 0.5) is 8.78 Å². The highest BCUT2D eigenvalue weighted by Crippen LogP contribution is 2.31. The van der Waals surface area contributed by atoms with Crippen LogP contribution in [0.25, 0.3) is 11.1 Å². The number of carbonyl (C=O) groups is 1. The molecule has 2 N–H and O–H groups in total. The molecule has 0 aromatic heterocycles. The zero-order valence-corrected chi connectivity index (χ0v) is 9.95. The van der Waals surface area contributed by atoms with Gasteiger partial charge in [0.1, 0.15) is 22.9 Å². The molecule has 0 atom stereocenters. The van der Waals surface area contributed by atoms with Crippen molar-refractivity contribution in [1.29, 1.82) is 0 Å². The van der Waals surface area contributed by atoms with Crippen molar-refractivity contribution in [3.05, 3.63) is 53.1 Å². The molecule has 0 fully saturated rings. The molecule has 98 valence electrons. The van der Waals surface area contributed by atoms with Crippen LogP contribution >= 0.6 is 0 Å². The standard InChI is InChI=1S/C14H10F2O3/c1-7-2-4-10(15)12(13(7)16)8-3-5-11(17)9(6-8)14(18)19/h2-6,17H,1H3,(H,18,19). The lowest BCUT2D eigenvalue weighted by molar-refractivity contribution is 0.0694. The molecule has 5 heteroatoms. The summed E-state index contributed by atoms with van der Waals surface area (Å²) >= 11 is 0. The van der Waals surface area contributed by atoms with Crippen LogP contribution in [0, 0.1) is 18.6 Å². The Hall–Kier alpha value is -2.43. The van der Waals surface area contributed by atoms with Crippen LogP contribution < -0.4 is 0 Å². The smallest absolute Gasteiger partial charge is 0.339 e. The van der Waals surface area contributed by atoms with Gasteiger partial charge in [-0.2, -0.15) is 0 Å². The number of carboxylic acid groups (broad SMARTS) is 1. The van der Waals surface area contributed by atoms with E-state index in [-0.39, 0.29) is 16.7 Å². The molecule has 19 heavy (non-hydrogen) atoms. The fourth-order valence-electron chi connectivity index (χ4n) is 1.78. The molecule has 0 heterocycles. The largest absolute Gasteiger partial charge is 0.507 e. The first-order valence-corrected chi connectivity index (χ1v) is 5.43. The Morgan fingerprint density at radius 2 is 1.84 bits per heavy atom. The predicted octanol–water partition coefficient (Wildman–Crippen LogP) is 3.34. The second-order valence-electron chi connectivity index (χ2n) is 4.09. The summed E-state index contributed by atoms with van der Waals surface area (Å²) < 4.78 is 27.6. The third kappa shape index (κ3) is 2.27. The van der Waals surface area contributed by atoms with E-state index >= 15 is 0 Å². The van der Waals surface area contributed by atoms with Crippen molar-refractivity contribution in [2.45, 2.75) is 6.92 Å². The number of aryl methyl sites for hydroxylation is 1. The summed E-state index contributed by atoms with van der Waals surface area (Å²) in [5.74, 6) is -3.36. The lowest BCUT2D eigenvalue weighted by atomic mass is 9.99. The summed E-state index contributed by atoms with van der Waals surface area (Å²) in [6.07, 6.45) is 0. The number of phenols is 1. The van der Waals surface area contributed by atoms with Crippen molar-refractivity contribution < 1.29 is 23.8 Å². The molecule has 0 unspecified atom stereocenters. The normalized spacial score (nSPS) is 10.5. The van der Waals surface area contributed by atoms with Crippen molar-refractivity contribution >= 4 is 5.97 Å². The van der Waals surface area contributed by atoms with Crippen LogP contribution in [-0.4, -0.2) is 16.2 Å². The number of aromatic hydroxyl groups is 1. The van der Waals surface area contributed by atoms with Crippen LogP contribution in [0.1, 0.15) is 15.9 Å². The molecular weight excluding hydrogens is 254 g/mol. The Morgan fingerprint density at radius 3 is 2.47 bits per heavy atom. The van der Waals surface area contributed by atoms with E-state index in [1.165, 1.54) is 19.1 Å². The summed E-state index contributed by atoms with van der Waals surface area (Å²) in [6, 6.07) is 5.81. The molecule has 0 saturated carbocycles. The van der Waals surface area contributed by atoms with Gasteiger partial charge < -0.3 is 10.2 Å². The molecule has 0 bridgehead atoms. The third-order valence-corrected chi connectivity index (χ3v) is 2.80. The molecule has 0 radical (unpaired) electrons. The highest BCUT2D eigenvalue weighted by Gasteiger charge is 2.17. The molecule has 0 amide bonds. The highest BCUT2D eigenvalue weighted by atomic mass is 19.1. The second-order valence-corrected chi connectivity index (χ2v) is 4.09. The number of benzene rings is 2. The summed E-state index contributed by atoms with van der Waals surface area (Å²) in [5.41, 5.74) is -0.393. The van der Waals surface area contributed by atoms with Crippen LogP contribution in [0.15, 0.2) is 30.3 Å². The molecule has 3 nitrogen and oxygen atoms in total. The molecule has 0 spiro atoms. The van der Waals surface area contributed by atoms with E-state index in [2.05, 4.69) is 0 Å². The summed E-state index contributed by atoms with van der Waals surface area (Å²) in [6.45, 7) is 1.48. The first kappa shape index (κ1) is 13.0. The first-order valence-electron chi connectivity index (χ1n) is 5.43. The highest BCUT2D eigenvalue weighted by molar-refractivity contribution is 5.92. The fraction of sp³-hybridized carbons (Fsp3) is 0.0714. The van der Waals surface area contributed by atoms with E-state index in [1.807, 2.05) is 0 Å². The van der Waals surface area contributed by atoms with Gasteiger partial charge in [0, 0.05) is 0 Å². The number of halogens is 2. The topological polar surface area (TPSA) is 57.5 Å². The Morgan fingerprint density at radius 1 is 1.16 bits per heavy atom. The van der Waals surface area contributed by atoms with Gasteiger partial charge >= 0.3 is 5.97 Å². The minimum atomic E-state index is -1.37. The molecule has 2 aromatic rings. The Kier molecular flexibility index (Phi) is 3.21. The average Bonchev–Trinajstić information content (AvgIpc) is 2.36. The van der Waals surface area contributed by atoms with Gasteiger partial charge in [0.05, 0.1) is 5.56 Å². The Balaban J connectivity index is 2.70. The third-order valence-electron chi connectivity index (χ3n) is 2.80. The lowest BCUT2D eigenvalue weighted by Crippen LogP contribution is -1.99. The van der Waals surface area contributed by atoms with E-state index in [4.69, 9.17) is 5.11 Å². The Bertz CT molecular complexity index is 666. The SMILES string of the molecule is Cc1ccc(F)c(-c2ccc(O)c(C(=O)O)c2)c1F. The van der Waals surface area contributed by atoms with E-state index in [0.29, 0.717) is 0 Å². The first-order chi connectivity index (χ1) is 8.91. The van der Waals surface area contributed by atoms with Gasteiger partial charge in [-0.05, 0) is 36.2 Å². The monoisotopic (exact) mass is 264 g/mol. The van der Waals surface area contributed by atoms with E-state index < -0.39 is 28.9 Å². The summed E-state index contributed by atoms with van der Waals surface area (Å²) in [7, 11) is 0. The number of hydrogen-bond donors (Lipinski definition) is 2. The average molecular weight is 264 g/mol. The molecule has 0 aliphatic heterocycles. The summed E-state index contributed by atoms with van der Waals surface area (Å²) in [4.78, 5) is 10.9. The number of carboxylic acids is 1. The van der Waals surface area contributed by atoms with Gasteiger partial charge in [-0.1, -0.05) is 12.1 Å². The van der Waals surface area contributed by atoms with Crippen molar-refractivity contribution in [2.75, 3.05) is 0 Å². The van der Waals surface area contributed by atoms with Crippen LogP contribution in [-0.2, 0) is 0 Å². The quantitative estimate of drug-likeness (QED) is 0.874. The van der Waals surface area contributed by atoms with Gasteiger partial charge in [0.2, 0.25) is 0 Å². The maximum absolute atomic E-state index is 13.9. The fourth-order valence-corrected chi connectivity index (χ4v) is 1.78. The number of hydrogen-bond acceptors (Lipinski definition) is 2. The molecule has 0 saturated heterocycles. The molecule has 0 aliphatic carbocycles. The van der Waals surface area contributed by atoms with E-state index in [0.717, 1.165) is 18.2 Å². The van der Waals surface area contributed by atoms with Crippen LogP contribution in [0.5, 0.6) is 5.75 Å². The predicted molar refractivity (Wildman–Crippen MR) is 65.2 cm³/mol. The maximum atomic E-state index is 13.9. The van der Waals surface area contributed by atoms with Crippen molar-refractivity contribution in [1.82, 2.24) is 0 Å². The van der Waals surface area contributed by atoms with Crippen LogP contribution in [0.3, 0.4) is 0 Å². The minimum Gasteiger partial charge on any atom is -0.507 e. The molecule has 2 aromatic carbocycles. The van der Waals surface area contributed by atoms with Gasteiger partial charge in [-0.3, -0.25) is 0 Å². The zero-order valence-electron chi connectivity index (χ0n) is 9.95. The number of aromatic carboxylic acids is 1. The van der Waals surface area contributed by atoms with Gasteiger partial charge in [-0.25, -0.2) is 13.6 Å². The van der Waals surface area contributed by atoms with Crippen molar-refractivity contribution in [3.63, 3.8) is 0 Å². The molecular formula is C14H10F2O3. The van der Waals surface area contributed by atoms with Gasteiger partial charge in [0.25, 0.3) is 0 Å². The van der Waals surface area contributed by atoms with Crippen LogP contribution in [0.2, 0.25) is 0 Å². The molecule has 0 aliphatic rings. The second kappa shape index (κ2) is 4.68. The van der Waals surface area contributed by atoms with Crippen molar-refractivity contribution in [2.24, 2.45) is 0 Å². The number of rotatable bonds is 2. The Labute approximate surface area is 107 Å². The van der Waals surface area contributed by atoms with Gasteiger partial charge in [0.15, 0.2) is 0 Å². The molecule has 2 rings (SSSR count). The van der Waals surface area contributed by atoms with E-state index in [1.54, 1.807) is 0 Å².